The molecule has 2 saturated heterocycles. The van der Waals surface area contributed by atoms with E-state index in [1.165, 1.54) is 19.3 Å². The molecular formula is C14H24N2O. The average Bonchev–Trinajstić information content (AvgIpc) is 3.04. The van der Waals surface area contributed by atoms with Gasteiger partial charge in [-0.15, -0.1) is 0 Å². The summed E-state index contributed by atoms with van der Waals surface area (Å²) < 4.78 is 0. The molecule has 2 bridgehead atoms. The lowest BCUT2D eigenvalue weighted by atomic mass is 9.89. The summed E-state index contributed by atoms with van der Waals surface area (Å²) in [5.41, 5.74) is -0.195. The smallest absolute Gasteiger partial charge is 0.243 e. The highest BCUT2D eigenvalue weighted by Crippen LogP contribution is 2.40. The minimum atomic E-state index is -0.195. The molecule has 3 atom stereocenters. The molecule has 0 spiro atoms. The zero-order valence-electron chi connectivity index (χ0n) is 10.9. The first-order valence-electron chi connectivity index (χ1n) is 7.31. The Balaban J connectivity index is 1.75. The summed E-state index contributed by atoms with van der Waals surface area (Å²) in [5.74, 6) is 1.23. The van der Waals surface area contributed by atoms with Gasteiger partial charge in [0.15, 0.2) is 0 Å². The van der Waals surface area contributed by atoms with E-state index in [0.717, 1.165) is 44.7 Å². The number of rotatable bonds is 3. The third kappa shape index (κ3) is 1.79. The number of carbonyl (C=O) groups is 1. The van der Waals surface area contributed by atoms with Gasteiger partial charge in [0.2, 0.25) is 5.91 Å². The van der Waals surface area contributed by atoms with Crippen molar-refractivity contribution in [2.75, 3.05) is 13.1 Å². The topological polar surface area (TPSA) is 32.3 Å². The number of nitrogens with zero attached hydrogens (tertiary/aromatic N) is 1. The Hall–Kier alpha value is -0.570. The lowest BCUT2D eigenvalue weighted by Gasteiger charge is -2.36. The van der Waals surface area contributed by atoms with Crippen LogP contribution in [-0.2, 0) is 4.79 Å². The lowest BCUT2D eigenvalue weighted by molar-refractivity contribution is -0.140. The Morgan fingerprint density at radius 2 is 2.35 bits per heavy atom. The summed E-state index contributed by atoms with van der Waals surface area (Å²) in [5, 5.41) is 3.52. The van der Waals surface area contributed by atoms with Gasteiger partial charge in [-0.2, -0.15) is 0 Å². The van der Waals surface area contributed by atoms with E-state index in [-0.39, 0.29) is 5.54 Å². The first-order valence-corrected chi connectivity index (χ1v) is 7.31. The number of amides is 1. The number of piperidine rings is 1. The summed E-state index contributed by atoms with van der Waals surface area (Å²) >= 11 is 0. The first kappa shape index (κ1) is 11.5. The summed E-state index contributed by atoms with van der Waals surface area (Å²) in [7, 11) is 0. The molecule has 0 aromatic heterocycles. The Labute approximate surface area is 104 Å². The van der Waals surface area contributed by atoms with Gasteiger partial charge in [-0.1, -0.05) is 13.3 Å². The standard InChI is InChI=1S/C14H24N2O/c1-2-6-14(7-3-8-15-14)13(17)16-10-11-4-5-12(16)9-11/h11-12,15H,2-10H2,1H3. The molecule has 3 heteroatoms. The molecule has 1 saturated carbocycles. The van der Waals surface area contributed by atoms with Gasteiger partial charge in [0, 0.05) is 12.6 Å². The van der Waals surface area contributed by atoms with E-state index in [1.807, 2.05) is 0 Å². The van der Waals surface area contributed by atoms with E-state index in [2.05, 4.69) is 17.1 Å². The van der Waals surface area contributed by atoms with E-state index in [1.54, 1.807) is 0 Å². The molecule has 3 unspecified atom stereocenters. The van der Waals surface area contributed by atoms with Crippen molar-refractivity contribution in [1.29, 1.82) is 0 Å². The van der Waals surface area contributed by atoms with Crippen molar-refractivity contribution >= 4 is 5.91 Å². The third-order valence-corrected chi connectivity index (χ3v) is 5.00. The second kappa shape index (κ2) is 4.27. The number of nitrogens with one attached hydrogen (secondary N) is 1. The molecule has 3 aliphatic rings. The van der Waals surface area contributed by atoms with Crippen LogP contribution in [0.2, 0.25) is 0 Å². The van der Waals surface area contributed by atoms with Crippen LogP contribution in [0.4, 0.5) is 0 Å². The molecule has 2 aliphatic heterocycles. The molecule has 1 N–H and O–H groups in total. The summed E-state index contributed by atoms with van der Waals surface area (Å²) in [6, 6.07) is 0.573. The predicted molar refractivity (Wildman–Crippen MR) is 67.7 cm³/mol. The SMILES string of the molecule is CCCC1(C(=O)N2CC3CCC2C3)CCCN1. The van der Waals surface area contributed by atoms with Gasteiger partial charge in [0.1, 0.15) is 0 Å². The highest BCUT2D eigenvalue weighted by molar-refractivity contribution is 5.87. The number of carbonyl (C=O) groups excluding carboxylic acids is 1. The maximum atomic E-state index is 12.8. The number of fused-ring (bicyclic) bond motifs is 2. The van der Waals surface area contributed by atoms with Crippen LogP contribution in [0.1, 0.15) is 51.9 Å². The first-order chi connectivity index (χ1) is 8.25. The zero-order chi connectivity index (χ0) is 11.9. The fraction of sp³-hybridized carbons (Fsp3) is 0.929. The number of likely N-dealkylation sites (tertiary alicyclic amines) is 1. The van der Waals surface area contributed by atoms with Gasteiger partial charge >= 0.3 is 0 Å². The van der Waals surface area contributed by atoms with Gasteiger partial charge in [0.25, 0.3) is 0 Å². The van der Waals surface area contributed by atoms with E-state index >= 15 is 0 Å². The maximum absolute atomic E-state index is 12.8. The molecule has 96 valence electrons. The fourth-order valence-corrected chi connectivity index (χ4v) is 4.18. The quantitative estimate of drug-likeness (QED) is 0.812. The summed E-state index contributed by atoms with van der Waals surface area (Å²) in [4.78, 5) is 15.0. The largest absolute Gasteiger partial charge is 0.338 e. The average molecular weight is 236 g/mol. The Kier molecular flexibility index (Phi) is 2.89. The summed E-state index contributed by atoms with van der Waals surface area (Å²) in [6.45, 7) is 4.25. The van der Waals surface area contributed by atoms with Crippen LogP contribution < -0.4 is 5.32 Å². The van der Waals surface area contributed by atoms with Crippen LogP contribution in [0.25, 0.3) is 0 Å². The minimum absolute atomic E-state index is 0.195. The highest BCUT2D eigenvalue weighted by Gasteiger charge is 2.48. The normalized spacial score (nSPS) is 40.2. The monoisotopic (exact) mass is 236 g/mol. The van der Waals surface area contributed by atoms with Crippen LogP contribution in [0.5, 0.6) is 0 Å². The second-order valence-electron chi connectivity index (χ2n) is 6.15. The zero-order valence-corrected chi connectivity index (χ0v) is 10.9. The Morgan fingerprint density at radius 1 is 1.47 bits per heavy atom. The second-order valence-corrected chi connectivity index (χ2v) is 6.15. The van der Waals surface area contributed by atoms with Crippen molar-refractivity contribution in [3.05, 3.63) is 0 Å². The van der Waals surface area contributed by atoms with E-state index in [0.29, 0.717) is 11.9 Å². The highest BCUT2D eigenvalue weighted by atomic mass is 16.2. The van der Waals surface area contributed by atoms with Crippen LogP contribution in [0, 0.1) is 5.92 Å². The number of hydrogen-bond donors (Lipinski definition) is 1. The molecule has 2 heterocycles. The van der Waals surface area contributed by atoms with Crippen molar-refractivity contribution in [1.82, 2.24) is 10.2 Å². The molecule has 0 radical (unpaired) electrons. The van der Waals surface area contributed by atoms with E-state index in [9.17, 15) is 4.79 Å². The van der Waals surface area contributed by atoms with Crippen molar-refractivity contribution in [2.24, 2.45) is 5.92 Å². The van der Waals surface area contributed by atoms with Crippen molar-refractivity contribution < 1.29 is 4.79 Å². The minimum Gasteiger partial charge on any atom is -0.338 e. The molecule has 1 amide bonds. The van der Waals surface area contributed by atoms with Crippen molar-refractivity contribution in [3.8, 4) is 0 Å². The van der Waals surface area contributed by atoms with Crippen LogP contribution in [-0.4, -0.2) is 35.5 Å². The van der Waals surface area contributed by atoms with Crippen LogP contribution >= 0.6 is 0 Å². The maximum Gasteiger partial charge on any atom is 0.243 e. The Morgan fingerprint density at radius 3 is 2.88 bits per heavy atom. The predicted octanol–water partition coefficient (Wildman–Crippen LogP) is 1.92. The molecule has 17 heavy (non-hydrogen) atoms. The van der Waals surface area contributed by atoms with Crippen LogP contribution in [0.3, 0.4) is 0 Å². The van der Waals surface area contributed by atoms with E-state index < -0.39 is 0 Å². The third-order valence-electron chi connectivity index (χ3n) is 5.00. The van der Waals surface area contributed by atoms with E-state index in [4.69, 9.17) is 0 Å². The fourth-order valence-electron chi connectivity index (χ4n) is 4.18. The van der Waals surface area contributed by atoms with Gasteiger partial charge in [-0.25, -0.2) is 0 Å². The van der Waals surface area contributed by atoms with Gasteiger partial charge in [0.05, 0.1) is 5.54 Å². The molecule has 1 aliphatic carbocycles. The Bertz CT molecular complexity index is 309. The number of hydrogen-bond acceptors (Lipinski definition) is 2. The molecule has 3 nitrogen and oxygen atoms in total. The van der Waals surface area contributed by atoms with Crippen molar-refractivity contribution in [3.63, 3.8) is 0 Å². The van der Waals surface area contributed by atoms with Crippen LogP contribution in [0.15, 0.2) is 0 Å². The molecule has 0 aromatic carbocycles. The molecule has 3 rings (SSSR count). The van der Waals surface area contributed by atoms with Gasteiger partial charge < -0.3 is 10.2 Å². The summed E-state index contributed by atoms with van der Waals surface area (Å²) in [6.07, 6.45) is 8.19. The van der Waals surface area contributed by atoms with Crippen molar-refractivity contribution in [2.45, 2.75) is 63.5 Å². The van der Waals surface area contributed by atoms with Gasteiger partial charge in [-0.05, 0) is 51.0 Å². The molecule has 0 aromatic rings. The molecular weight excluding hydrogens is 212 g/mol. The molecule has 3 fully saturated rings. The lowest BCUT2D eigenvalue weighted by Crippen LogP contribution is -2.56. The van der Waals surface area contributed by atoms with Gasteiger partial charge in [-0.3, -0.25) is 4.79 Å².